The molecule has 3 heteroatoms. The third kappa shape index (κ3) is 4.23. The van der Waals surface area contributed by atoms with Gasteiger partial charge in [-0.3, -0.25) is 0 Å². The molecule has 2 atom stereocenters. The Morgan fingerprint density at radius 1 is 1.29 bits per heavy atom. The molecule has 1 aromatic carbocycles. The molecule has 17 heavy (non-hydrogen) atoms. The molecule has 2 nitrogen and oxygen atoms in total. The van der Waals surface area contributed by atoms with Gasteiger partial charge < -0.3 is 9.84 Å². The van der Waals surface area contributed by atoms with Crippen LogP contribution < -0.4 is 0 Å². The van der Waals surface area contributed by atoms with Crippen LogP contribution in [0.25, 0.3) is 0 Å². The van der Waals surface area contributed by atoms with Gasteiger partial charge in [0.1, 0.15) is 0 Å². The highest BCUT2D eigenvalue weighted by Crippen LogP contribution is 2.23. The van der Waals surface area contributed by atoms with E-state index < -0.39 is 11.7 Å². The number of hydrogen-bond acceptors (Lipinski definition) is 2. The van der Waals surface area contributed by atoms with Gasteiger partial charge in [0.05, 0.1) is 11.7 Å². The fourth-order valence-corrected chi connectivity index (χ4v) is 2.18. The first-order valence-corrected chi connectivity index (χ1v) is 7.16. The van der Waals surface area contributed by atoms with E-state index in [1.165, 1.54) is 3.57 Å². The average Bonchev–Trinajstić information content (AvgIpc) is 2.32. The van der Waals surface area contributed by atoms with Crippen LogP contribution in [0.3, 0.4) is 0 Å². The zero-order valence-corrected chi connectivity index (χ0v) is 12.9. The molecule has 0 heterocycles. The highest BCUT2D eigenvalue weighted by atomic mass is 127. The summed E-state index contributed by atoms with van der Waals surface area (Å²) in [5, 5.41) is 10.3. The first kappa shape index (κ1) is 14.9. The largest absolute Gasteiger partial charge is 0.390 e. The summed E-state index contributed by atoms with van der Waals surface area (Å²) in [6, 6.07) is 8.25. The van der Waals surface area contributed by atoms with Crippen molar-refractivity contribution < 1.29 is 9.84 Å². The molecule has 1 rings (SSSR count). The Bertz CT molecular complexity index is 337. The minimum atomic E-state index is -0.465. The number of hydrogen-bond donors (Lipinski definition) is 1. The van der Waals surface area contributed by atoms with Crippen LogP contribution in [0.5, 0.6) is 0 Å². The Hall–Kier alpha value is -0.130. The fraction of sp³-hybridized carbons (Fsp3) is 0.571. The van der Waals surface area contributed by atoms with Gasteiger partial charge in [-0.2, -0.15) is 0 Å². The van der Waals surface area contributed by atoms with Gasteiger partial charge in [0.2, 0.25) is 0 Å². The van der Waals surface area contributed by atoms with E-state index in [0.29, 0.717) is 13.0 Å². The van der Waals surface area contributed by atoms with Gasteiger partial charge in [0.15, 0.2) is 0 Å². The summed E-state index contributed by atoms with van der Waals surface area (Å²) < 4.78 is 6.90. The Morgan fingerprint density at radius 2 is 1.88 bits per heavy atom. The van der Waals surface area contributed by atoms with Crippen molar-refractivity contribution in [2.45, 2.75) is 45.3 Å². The Morgan fingerprint density at radius 3 is 2.35 bits per heavy atom. The topological polar surface area (TPSA) is 29.5 Å². The maximum absolute atomic E-state index is 10.3. The van der Waals surface area contributed by atoms with E-state index in [1.807, 2.05) is 20.8 Å². The molecule has 0 radical (unpaired) electrons. The second-order valence-electron chi connectivity index (χ2n) is 4.45. The van der Waals surface area contributed by atoms with Crippen molar-refractivity contribution in [1.29, 1.82) is 0 Å². The molecular formula is C14H21IO2. The third-order valence-electron chi connectivity index (χ3n) is 3.22. The summed E-state index contributed by atoms with van der Waals surface area (Å²) in [6.45, 7) is 6.63. The van der Waals surface area contributed by atoms with Crippen LogP contribution in [0.1, 0.15) is 32.8 Å². The predicted molar refractivity (Wildman–Crippen MR) is 79.2 cm³/mol. The van der Waals surface area contributed by atoms with E-state index in [-0.39, 0.29) is 0 Å². The Kier molecular flexibility index (Phi) is 5.89. The van der Waals surface area contributed by atoms with Crippen LogP contribution in [-0.4, -0.2) is 23.4 Å². The third-order valence-corrected chi connectivity index (χ3v) is 3.94. The van der Waals surface area contributed by atoms with Crippen LogP contribution >= 0.6 is 22.6 Å². The van der Waals surface area contributed by atoms with Crippen LogP contribution in [0.4, 0.5) is 0 Å². The minimum Gasteiger partial charge on any atom is -0.390 e. The summed E-state index contributed by atoms with van der Waals surface area (Å²) in [6.07, 6.45) is 0.987. The predicted octanol–water partition coefficient (Wildman–Crippen LogP) is 3.40. The van der Waals surface area contributed by atoms with E-state index in [4.69, 9.17) is 4.74 Å². The van der Waals surface area contributed by atoms with Crippen LogP contribution in [0.2, 0.25) is 0 Å². The van der Waals surface area contributed by atoms with Gasteiger partial charge in [-0.25, -0.2) is 0 Å². The van der Waals surface area contributed by atoms with E-state index in [2.05, 4.69) is 46.9 Å². The molecule has 0 saturated heterocycles. The van der Waals surface area contributed by atoms with E-state index >= 15 is 0 Å². The molecule has 0 aromatic heterocycles. The molecule has 0 aliphatic carbocycles. The maximum Gasteiger partial charge on any atom is 0.0912 e. The molecule has 0 aliphatic heterocycles. The molecule has 0 spiro atoms. The number of aliphatic hydroxyl groups excluding tert-OH is 1. The average molecular weight is 348 g/mol. The Balaban J connectivity index is 2.69. The number of rotatable bonds is 6. The maximum atomic E-state index is 10.3. The zero-order chi connectivity index (χ0) is 12.9. The van der Waals surface area contributed by atoms with Gasteiger partial charge in [0, 0.05) is 16.6 Å². The van der Waals surface area contributed by atoms with Crippen molar-refractivity contribution in [2.75, 3.05) is 6.61 Å². The first-order chi connectivity index (χ1) is 8.01. The van der Waals surface area contributed by atoms with Gasteiger partial charge >= 0.3 is 0 Å². The first-order valence-electron chi connectivity index (χ1n) is 6.08. The molecular weight excluding hydrogens is 327 g/mol. The second kappa shape index (κ2) is 6.71. The van der Waals surface area contributed by atoms with Crippen LogP contribution in [-0.2, 0) is 11.2 Å². The summed E-state index contributed by atoms with van der Waals surface area (Å²) in [5.41, 5.74) is 0.704. The molecule has 2 unspecified atom stereocenters. The lowest BCUT2D eigenvalue weighted by atomic mass is 9.91. The molecule has 0 fully saturated rings. The number of aliphatic hydroxyl groups is 1. The minimum absolute atomic E-state index is 0.447. The van der Waals surface area contributed by atoms with Crippen molar-refractivity contribution in [3.63, 3.8) is 0 Å². The highest BCUT2D eigenvalue weighted by Gasteiger charge is 2.31. The van der Waals surface area contributed by atoms with Gasteiger partial charge in [-0.05, 0) is 60.6 Å². The monoisotopic (exact) mass is 348 g/mol. The standard InChI is InChI=1S/C14H21IO2/c1-4-14(3,17-5-2)13(16)10-11-6-8-12(15)9-7-11/h6-9,13,16H,4-5,10H2,1-3H3. The highest BCUT2D eigenvalue weighted by molar-refractivity contribution is 14.1. The van der Waals surface area contributed by atoms with Gasteiger partial charge in [-0.1, -0.05) is 19.1 Å². The van der Waals surface area contributed by atoms with Crippen LogP contribution in [0, 0.1) is 3.57 Å². The quantitative estimate of drug-likeness (QED) is 0.799. The van der Waals surface area contributed by atoms with E-state index in [0.717, 1.165) is 12.0 Å². The van der Waals surface area contributed by atoms with Gasteiger partial charge in [0.25, 0.3) is 0 Å². The normalized spacial score (nSPS) is 16.5. The lowest BCUT2D eigenvalue weighted by Gasteiger charge is -2.33. The summed E-state index contributed by atoms with van der Waals surface area (Å²) in [5.74, 6) is 0. The van der Waals surface area contributed by atoms with Gasteiger partial charge in [-0.15, -0.1) is 0 Å². The van der Waals surface area contributed by atoms with Crippen LogP contribution in [0.15, 0.2) is 24.3 Å². The lowest BCUT2D eigenvalue weighted by molar-refractivity contribution is -0.110. The van der Waals surface area contributed by atoms with Crippen molar-refractivity contribution >= 4 is 22.6 Å². The smallest absolute Gasteiger partial charge is 0.0912 e. The number of halogens is 1. The Labute approximate surface area is 118 Å². The molecule has 0 amide bonds. The van der Waals surface area contributed by atoms with E-state index in [9.17, 15) is 5.11 Å². The molecule has 1 aromatic rings. The summed E-state index contributed by atoms with van der Waals surface area (Å²) in [7, 11) is 0. The van der Waals surface area contributed by atoms with Crippen molar-refractivity contribution in [2.24, 2.45) is 0 Å². The molecule has 96 valence electrons. The second-order valence-corrected chi connectivity index (χ2v) is 5.69. The number of benzene rings is 1. The zero-order valence-electron chi connectivity index (χ0n) is 10.7. The van der Waals surface area contributed by atoms with E-state index in [1.54, 1.807) is 0 Å². The summed E-state index contributed by atoms with van der Waals surface area (Å²) >= 11 is 2.28. The molecule has 0 saturated carbocycles. The van der Waals surface area contributed by atoms with Crippen molar-refractivity contribution in [1.82, 2.24) is 0 Å². The molecule has 0 bridgehead atoms. The fourth-order valence-electron chi connectivity index (χ4n) is 1.82. The summed E-state index contributed by atoms with van der Waals surface area (Å²) in [4.78, 5) is 0. The van der Waals surface area contributed by atoms with Crippen molar-refractivity contribution in [3.8, 4) is 0 Å². The number of ether oxygens (including phenoxy) is 1. The lowest BCUT2D eigenvalue weighted by Crippen LogP contribution is -2.42. The molecule has 1 N–H and O–H groups in total. The molecule has 0 aliphatic rings. The SMILES string of the molecule is CCOC(C)(CC)C(O)Cc1ccc(I)cc1. The van der Waals surface area contributed by atoms with Crippen molar-refractivity contribution in [3.05, 3.63) is 33.4 Å².